The number of likely N-dealkylation sites (tertiary alicyclic amines) is 1. The molecule has 0 bridgehead atoms. The van der Waals surface area contributed by atoms with Crippen LogP contribution in [0.1, 0.15) is 56.4 Å². The minimum Gasteiger partial charge on any atom is -0.490 e. The van der Waals surface area contributed by atoms with E-state index in [1.54, 1.807) is 0 Å². The summed E-state index contributed by atoms with van der Waals surface area (Å²) in [5.41, 5.74) is 5.93. The fourth-order valence-electron chi connectivity index (χ4n) is 5.71. The summed E-state index contributed by atoms with van der Waals surface area (Å²) in [5.74, 6) is 1.92. The fraction of sp³-hybridized carbons (Fsp3) is 0.484. The lowest BCUT2D eigenvalue weighted by atomic mass is 9.86. The number of aliphatic hydroxyl groups excluding tert-OH is 1. The van der Waals surface area contributed by atoms with Crippen LogP contribution in [0.25, 0.3) is 22.6 Å². The van der Waals surface area contributed by atoms with Gasteiger partial charge in [0, 0.05) is 29.8 Å². The average Bonchev–Trinajstić information content (AvgIpc) is 3.39. The highest BCUT2D eigenvalue weighted by atomic mass is 16.5. The van der Waals surface area contributed by atoms with E-state index in [1.807, 2.05) is 51.1 Å². The topological polar surface area (TPSA) is 94.3 Å². The van der Waals surface area contributed by atoms with E-state index < -0.39 is 6.10 Å². The Hall–Kier alpha value is -3.36. The number of hydrogen-bond acceptors (Lipinski definition) is 8. The number of nitrogens with zero attached hydrogens (tertiary/aromatic N) is 2. The molecule has 1 aromatic heterocycles. The van der Waals surface area contributed by atoms with Crippen LogP contribution >= 0.6 is 0 Å². The molecule has 1 fully saturated rings. The van der Waals surface area contributed by atoms with Gasteiger partial charge in [-0.05, 0) is 82.3 Å². The molecule has 2 aliphatic rings. The number of rotatable bonds is 10. The van der Waals surface area contributed by atoms with Gasteiger partial charge in [-0.1, -0.05) is 23.4 Å². The van der Waals surface area contributed by atoms with Crippen molar-refractivity contribution in [2.75, 3.05) is 39.5 Å². The number of hydrogen-bond donors (Lipinski definition) is 1. The second-order valence-corrected chi connectivity index (χ2v) is 10.1. The second kappa shape index (κ2) is 12.2. The van der Waals surface area contributed by atoms with E-state index >= 15 is 0 Å². The zero-order chi connectivity index (χ0) is 27.4. The smallest absolute Gasteiger partial charge is 0.310 e. The Morgan fingerprint density at radius 3 is 2.69 bits per heavy atom. The Morgan fingerprint density at radius 2 is 1.90 bits per heavy atom. The van der Waals surface area contributed by atoms with E-state index in [-0.39, 0.29) is 11.9 Å². The SMILES string of the molecule is CCOC(=O)[C@H]1CCCN(CC(O)c2ccc3c(c2)CCc2c-3noc2-c2ccc(OCC)c(OCC)c2)C1. The van der Waals surface area contributed by atoms with Crippen molar-refractivity contribution in [3.8, 4) is 34.1 Å². The van der Waals surface area contributed by atoms with Gasteiger partial charge < -0.3 is 23.8 Å². The second-order valence-electron chi connectivity index (χ2n) is 10.1. The molecule has 2 aromatic carbocycles. The molecule has 3 aromatic rings. The van der Waals surface area contributed by atoms with Gasteiger partial charge in [-0.3, -0.25) is 9.69 Å². The molecule has 5 rings (SSSR count). The predicted molar refractivity (Wildman–Crippen MR) is 148 cm³/mol. The maximum Gasteiger partial charge on any atom is 0.310 e. The van der Waals surface area contributed by atoms with Crippen molar-refractivity contribution < 1.29 is 28.6 Å². The first kappa shape index (κ1) is 27.2. The molecule has 208 valence electrons. The van der Waals surface area contributed by atoms with Crippen LogP contribution in [0.2, 0.25) is 0 Å². The Balaban J connectivity index is 1.32. The van der Waals surface area contributed by atoms with Crippen LogP contribution in [0, 0.1) is 5.92 Å². The summed E-state index contributed by atoms with van der Waals surface area (Å²) in [6.45, 7) is 9.24. The first-order valence-corrected chi connectivity index (χ1v) is 14.1. The molecule has 8 nitrogen and oxygen atoms in total. The van der Waals surface area contributed by atoms with Gasteiger partial charge in [0.2, 0.25) is 0 Å². The van der Waals surface area contributed by atoms with Crippen molar-refractivity contribution >= 4 is 5.97 Å². The van der Waals surface area contributed by atoms with Gasteiger partial charge in [0.15, 0.2) is 17.3 Å². The molecule has 1 aliphatic carbocycles. The van der Waals surface area contributed by atoms with Gasteiger partial charge in [0.05, 0.1) is 31.8 Å². The number of aliphatic hydroxyl groups is 1. The van der Waals surface area contributed by atoms with E-state index in [0.29, 0.717) is 44.4 Å². The summed E-state index contributed by atoms with van der Waals surface area (Å²) < 4.78 is 22.6. The first-order chi connectivity index (χ1) is 19.0. The van der Waals surface area contributed by atoms with Crippen molar-refractivity contribution in [1.82, 2.24) is 10.1 Å². The van der Waals surface area contributed by atoms with Gasteiger partial charge in [-0.25, -0.2) is 0 Å². The van der Waals surface area contributed by atoms with Crippen LogP contribution in [0.5, 0.6) is 11.5 Å². The first-order valence-electron chi connectivity index (χ1n) is 14.1. The average molecular weight is 535 g/mol. The van der Waals surface area contributed by atoms with Gasteiger partial charge in [-0.2, -0.15) is 0 Å². The minimum absolute atomic E-state index is 0.116. The number of aromatic nitrogens is 1. The standard InChI is InChI=1S/C31H38N2O6/c1-4-36-27-14-11-22(17-28(27)37-5-2)30-25-13-9-20-16-21(10-12-24(20)29(25)32-39-30)26(34)19-33-15-7-8-23(18-33)31(35)38-6-3/h10-12,14,16-17,23,26,34H,4-9,13,15,18-19H2,1-3H3/t23-,26?/m0/s1. The lowest BCUT2D eigenvalue weighted by molar-refractivity contribution is -0.150. The Morgan fingerprint density at radius 1 is 1.08 bits per heavy atom. The van der Waals surface area contributed by atoms with Crippen molar-refractivity contribution in [2.24, 2.45) is 5.92 Å². The Kier molecular flexibility index (Phi) is 8.53. The highest BCUT2D eigenvalue weighted by Crippen LogP contribution is 2.41. The molecular weight excluding hydrogens is 496 g/mol. The maximum atomic E-state index is 12.2. The van der Waals surface area contributed by atoms with Crippen LogP contribution in [-0.4, -0.2) is 60.6 Å². The van der Waals surface area contributed by atoms with E-state index in [4.69, 9.17) is 18.7 Å². The molecule has 2 atom stereocenters. The Bertz CT molecular complexity index is 1300. The van der Waals surface area contributed by atoms with Crippen LogP contribution in [-0.2, 0) is 22.4 Å². The summed E-state index contributed by atoms with van der Waals surface area (Å²) in [7, 11) is 0. The summed E-state index contributed by atoms with van der Waals surface area (Å²) in [4.78, 5) is 14.4. The largest absolute Gasteiger partial charge is 0.490 e. The third-order valence-electron chi connectivity index (χ3n) is 7.56. The summed E-state index contributed by atoms with van der Waals surface area (Å²) in [6.07, 6.45) is 2.77. The third kappa shape index (κ3) is 5.82. The van der Waals surface area contributed by atoms with Crippen LogP contribution < -0.4 is 9.47 Å². The number of aryl methyl sites for hydroxylation is 1. The molecule has 2 heterocycles. The van der Waals surface area contributed by atoms with E-state index in [9.17, 15) is 9.90 Å². The molecule has 1 N–H and O–H groups in total. The number of benzene rings is 2. The summed E-state index contributed by atoms with van der Waals surface area (Å²) in [6, 6.07) is 12.0. The zero-order valence-electron chi connectivity index (χ0n) is 23.1. The number of carbonyl (C=O) groups excluding carboxylic acids is 1. The Labute approximate surface area is 229 Å². The number of β-amino-alcohol motifs (C(OH)–C–C–N with tert-alkyl or cyclic N) is 1. The van der Waals surface area contributed by atoms with Crippen molar-refractivity contribution in [3.63, 3.8) is 0 Å². The molecule has 0 spiro atoms. The summed E-state index contributed by atoms with van der Waals surface area (Å²) >= 11 is 0. The number of carbonyl (C=O) groups is 1. The fourth-order valence-corrected chi connectivity index (χ4v) is 5.71. The van der Waals surface area contributed by atoms with Crippen LogP contribution in [0.4, 0.5) is 0 Å². The molecule has 0 saturated carbocycles. The third-order valence-corrected chi connectivity index (χ3v) is 7.56. The molecule has 1 saturated heterocycles. The number of piperidine rings is 1. The molecule has 0 radical (unpaired) electrons. The lowest BCUT2D eigenvalue weighted by Gasteiger charge is -2.33. The quantitative estimate of drug-likeness (QED) is 0.354. The van der Waals surface area contributed by atoms with Crippen molar-refractivity contribution in [3.05, 3.63) is 53.1 Å². The lowest BCUT2D eigenvalue weighted by Crippen LogP contribution is -2.41. The van der Waals surface area contributed by atoms with Gasteiger partial charge in [0.25, 0.3) is 0 Å². The van der Waals surface area contributed by atoms with Crippen molar-refractivity contribution in [1.29, 1.82) is 0 Å². The highest BCUT2D eigenvalue weighted by Gasteiger charge is 2.29. The van der Waals surface area contributed by atoms with Crippen LogP contribution in [0.15, 0.2) is 40.9 Å². The predicted octanol–water partition coefficient (Wildman–Crippen LogP) is 5.21. The molecule has 1 aliphatic heterocycles. The van der Waals surface area contributed by atoms with Crippen molar-refractivity contribution in [2.45, 2.75) is 52.6 Å². The van der Waals surface area contributed by atoms with Gasteiger partial charge in [-0.15, -0.1) is 0 Å². The van der Waals surface area contributed by atoms with Gasteiger partial charge in [0.1, 0.15) is 5.69 Å². The molecule has 0 amide bonds. The van der Waals surface area contributed by atoms with Crippen LogP contribution in [0.3, 0.4) is 0 Å². The molecular formula is C31H38N2O6. The maximum absolute atomic E-state index is 12.2. The summed E-state index contributed by atoms with van der Waals surface area (Å²) in [5, 5.41) is 15.5. The minimum atomic E-state index is -0.633. The monoisotopic (exact) mass is 534 g/mol. The van der Waals surface area contributed by atoms with E-state index in [1.165, 1.54) is 0 Å². The zero-order valence-corrected chi connectivity index (χ0v) is 23.1. The highest BCUT2D eigenvalue weighted by molar-refractivity contribution is 5.77. The van der Waals surface area contributed by atoms with Gasteiger partial charge >= 0.3 is 5.97 Å². The van der Waals surface area contributed by atoms with E-state index in [0.717, 1.165) is 71.5 Å². The normalized spacial score (nSPS) is 17.7. The van der Waals surface area contributed by atoms with E-state index in [2.05, 4.69) is 16.1 Å². The molecule has 1 unspecified atom stereocenters. The molecule has 8 heteroatoms. The number of ether oxygens (including phenoxy) is 3. The molecule has 39 heavy (non-hydrogen) atoms. The number of esters is 1. The number of fused-ring (bicyclic) bond motifs is 3.